The molecule has 1 fully saturated rings. The summed E-state index contributed by atoms with van der Waals surface area (Å²) in [7, 11) is 1.98. The van der Waals surface area contributed by atoms with Crippen LogP contribution in [0.1, 0.15) is 16.1 Å². The summed E-state index contributed by atoms with van der Waals surface area (Å²) >= 11 is 0. The van der Waals surface area contributed by atoms with Gasteiger partial charge < -0.3 is 15.0 Å². The van der Waals surface area contributed by atoms with Crippen molar-refractivity contribution < 1.29 is 27.5 Å². The summed E-state index contributed by atoms with van der Waals surface area (Å²) in [5, 5.41) is 2.48. The van der Waals surface area contributed by atoms with Gasteiger partial charge in [0.05, 0.1) is 36.2 Å². The minimum atomic E-state index is -4.96. The van der Waals surface area contributed by atoms with E-state index in [0.717, 1.165) is 24.7 Å². The maximum atomic E-state index is 12.9. The van der Waals surface area contributed by atoms with E-state index in [4.69, 9.17) is 0 Å². The zero-order valence-electron chi connectivity index (χ0n) is 20.2. The fourth-order valence-electron chi connectivity index (χ4n) is 3.88. The highest BCUT2D eigenvalue weighted by molar-refractivity contribution is 6.00. The maximum absolute atomic E-state index is 12.9. The van der Waals surface area contributed by atoms with E-state index < -0.39 is 23.8 Å². The van der Waals surface area contributed by atoms with Crippen LogP contribution in [0.3, 0.4) is 0 Å². The molecular formula is C26H26F3N5O3. The minimum absolute atomic E-state index is 0.0147. The zero-order chi connectivity index (χ0) is 26.4. The number of anilines is 1. The number of alkyl halides is 3. The van der Waals surface area contributed by atoms with Crippen LogP contribution in [0.4, 0.5) is 18.9 Å². The monoisotopic (exact) mass is 513 g/mol. The van der Waals surface area contributed by atoms with Gasteiger partial charge in [-0.25, -0.2) is 0 Å². The van der Waals surface area contributed by atoms with Crippen molar-refractivity contribution in [2.24, 2.45) is 0 Å². The number of ether oxygens (including phenoxy) is 1. The molecule has 0 unspecified atom stereocenters. The van der Waals surface area contributed by atoms with Crippen LogP contribution in [0.15, 0.2) is 60.9 Å². The molecule has 0 radical (unpaired) electrons. The lowest BCUT2D eigenvalue weighted by molar-refractivity contribution is -0.274. The molecule has 1 N–H and O–H groups in total. The predicted octanol–water partition coefficient (Wildman–Crippen LogP) is 3.65. The Balaban J connectivity index is 1.47. The summed E-state index contributed by atoms with van der Waals surface area (Å²) in [5.74, 6) is -1.48. The van der Waals surface area contributed by atoms with E-state index in [0.29, 0.717) is 24.5 Å². The Hall–Kier alpha value is -3.83. The van der Waals surface area contributed by atoms with Gasteiger partial charge in [0.1, 0.15) is 0 Å². The van der Waals surface area contributed by atoms with Gasteiger partial charge in [0, 0.05) is 43.5 Å². The summed E-state index contributed by atoms with van der Waals surface area (Å²) in [6.07, 6.45) is -2.03. The largest absolute Gasteiger partial charge is 0.573 e. The van der Waals surface area contributed by atoms with E-state index in [1.54, 1.807) is 6.20 Å². The third-order valence-corrected chi connectivity index (χ3v) is 5.88. The SMILES string of the molecule is CN1CCN(CC(=O)Nc2cc(C(=O)Cc3cnc(-c4ccccc4)cn3)ccc2OC(F)(F)F)CC1. The van der Waals surface area contributed by atoms with Gasteiger partial charge in [-0.3, -0.25) is 24.5 Å². The van der Waals surface area contributed by atoms with E-state index >= 15 is 0 Å². The number of carbonyl (C=O) groups is 2. The van der Waals surface area contributed by atoms with Gasteiger partial charge >= 0.3 is 6.36 Å². The molecule has 8 nitrogen and oxygen atoms in total. The number of aromatic nitrogens is 2. The molecule has 11 heteroatoms. The fraction of sp³-hybridized carbons (Fsp3) is 0.308. The molecule has 3 aromatic rings. The maximum Gasteiger partial charge on any atom is 0.573 e. The van der Waals surface area contributed by atoms with Gasteiger partial charge in [-0.15, -0.1) is 13.2 Å². The molecule has 2 heterocycles. The summed E-state index contributed by atoms with van der Waals surface area (Å²) in [4.78, 5) is 38.2. The summed E-state index contributed by atoms with van der Waals surface area (Å²) in [5.41, 5.74) is 1.81. The lowest BCUT2D eigenvalue weighted by atomic mass is 10.1. The molecule has 0 saturated carbocycles. The van der Waals surface area contributed by atoms with Crippen LogP contribution >= 0.6 is 0 Å². The summed E-state index contributed by atoms with van der Waals surface area (Å²) < 4.78 is 42.9. The number of likely N-dealkylation sites (N-methyl/N-ethyl adjacent to an activating group) is 1. The Labute approximate surface area is 212 Å². The van der Waals surface area contributed by atoms with Crippen molar-refractivity contribution in [1.29, 1.82) is 0 Å². The average molecular weight is 514 g/mol. The lowest BCUT2D eigenvalue weighted by Gasteiger charge is -2.31. The van der Waals surface area contributed by atoms with E-state index in [-0.39, 0.29) is 24.2 Å². The van der Waals surface area contributed by atoms with Crippen molar-refractivity contribution in [3.05, 3.63) is 72.2 Å². The first-order valence-corrected chi connectivity index (χ1v) is 11.7. The first-order chi connectivity index (χ1) is 17.7. The average Bonchev–Trinajstić information content (AvgIpc) is 2.86. The number of nitrogens with zero attached hydrogens (tertiary/aromatic N) is 4. The second-order valence-corrected chi connectivity index (χ2v) is 8.75. The van der Waals surface area contributed by atoms with Crippen LogP contribution in [0.5, 0.6) is 5.75 Å². The molecule has 0 atom stereocenters. The summed E-state index contributed by atoms with van der Waals surface area (Å²) in [6.45, 7) is 2.92. The van der Waals surface area contributed by atoms with Crippen LogP contribution in [0.25, 0.3) is 11.3 Å². The van der Waals surface area contributed by atoms with Crippen molar-refractivity contribution in [2.75, 3.05) is 45.1 Å². The Bertz CT molecular complexity index is 1230. The molecule has 0 spiro atoms. The van der Waals surface area contributed by atoms with E-state index in [9.17, 15) is 22.8 Å². The number of ketones is 1. The molecule has 194 valence electrons. The first kappa shape index (κ1) is 26.2. The Morgan fingerprint density at radius 2 is 1.73 bits per heavy atom. The number of piperazine rings is 1. The highest BCUT2D eigenvalue weighted by atomic mass is 19.4. The molecule has 0 bridgehead atoms. The molecule has 37 heavy (non-hydrogen) atoms. The Morgan fingerprint density at radius 1 is 1.00 bits per heavy atom. The zero-order valence-corrected chi connectivity index (χ0v) is 20.2. The second-order valence-electron chi connectivity index (χ2n) is 8.75. The number of rotatable bonds is 8. The predicted molar refractivity (Wildman–Crippen MR) is 131 cm³/mol. The Morgan fingerprint density at radius 3 is 2.38 bits per heavy atom. The number of carbonyl (C=O) groups excluding carboxylic acids is 2. The number of halogens is 3. The molecule has 1 amide bonds. The van der Waals surface area contributed by atoms with Gasteiger partial charge in [0.2, 0.25) is 5.91 Å². The van der Waals surface area contributed by atoms with Gasteiger partial charge in [-0.1, -0.05) is 30.3 Å². The molecular weight excluding hydrogens is 487 g/mol. The van der Waals surface area contributed by atoms with Gasteiger partial charge in [-0.2, -0.15) is 0 Å². The van der Waals surface area contributed by atoms with Crippen LogP contribution < -0.4 is 10.1 Å². The quantitative estimate of drug-likeness (QED) is 0.460. The van der Waals surface area contributed by atoms with Crippen molar-refractivity contribution in [1.82, 2.24) is 19.8 Å². The molecule has 0 aliphatic carbocycles. The molecule has 1 saturated heterocycles. The van der Waals surface area contributed by atoms with Crippen LogP contribution in [-0.2, 0) is 11.2 Å². The third-order valence-electron chi connectivity index (χ3n) is 5.88. The second kappa shape index (κ2) is 11.5. The van der Waals surface area contributed by atoms with E-state index in [1.165, 1.54) is 18.3 Å². The number of hydrogen-bond donors (Lipinski definition) is 1. The first-order valence-electron chi connectivity index (χ1n) is 11.7. The number of amides is 1. The van der Waals surface area contributed by atoms with Crippen molar-refractivity contribution >= 4 is 17.4 Å². The topological polar surface area (TPSA) is 87.7 Å². The Kier molecular flexibility index (Phi) is 8.14. The van der Waals surface area contributed by atoms with E-state index in [2.05, 4.69) is 24.9 Å². The normalized spacial score (nSPS) is 14.8. The van der Waals surface area contributed by atoms with Crippen LogP contribution in [-0.4, -0.2) is 77.6 Å². The minimum Gasteiger partial charge on any atom is -0.404 e. The third kappa shape index (κ3) is 7.58. The fourth-order valence-corrected chi connectivity index (χ4v) is 3.88. The number of nitrogens with one attached hydrogen (secondary N) is 1. The summed E-state index contributed by atoms with van der Waals surface area (Å²) in [6, 6.07) is 12.9. The molecule has 2 aromatic carbocycles. The van der Waals surface area contributed by atoms with Gasteiger partial charge in [-0.05, 0) is 25.2 Å². The van der Waals surface area contributed by atoms with Crippen molar-refractivity contribution in [3.8, 4) is 17.0 Å². The lowest BCUT2D eigenvalue weighted by Crippen LogP contribution is -2.47. The smallest absolute Gasteiger partial charge is 0.404 e. The van der Waals surface area contributed by atoms with Gasteiger partial charge in [0.15, 0.2) is 11.5 Å². The molecule has 4 rings (SSSR count). The highest BCUT2D eigenvalue weighted by Crippen LogP contribution is 2.31. The van der Waals surface area contributed by atoms with Crippen molar-refractivity contribution in [2.45, 2.75) is 12.8 Å². The number of Topliss-reactive ketones (excluding diaryl/α,β-unsaturated/α-hetero) is 1. The number of hydrogen-bond acceptors (Lipinski definition) is 7. The highest BCUT2D eigenvalue weighted by Gasteiger charge is 2.32. The van der Waals surface area contributed by atoms with Crippen LogP contribution in [0, 0.1) is 0 Å². The van der Waals surface area contributed by atoms with Gasteiger partial charge in [0.25, 0.3) is 0 Å². The van der Waals surface area contributed by atoms with E-state index in [1.807, 2.05) is 42.3 Å². The van der Waals surface area contributed by atoms with Crippen LogP contribution in [0.2, 0.25) is 0 Å². The molecule has 1 aliphatic rings. The number of benzene rings is 2. The molecule has 1 aliphatic heterocycles. The molecule has 1 aromatic heterocycles. The standard InChI is InChI=1S/C26H26F3N5O3/c1-33-9-11-34(12-10-33)17-25(36)32-21-13-19(7-8-24(21)37-26(27,28)29)23(35)14-20-15-31-22(16-30-20)18-5-3-2-4-6-18/h2-8,13,15-16H,9-12,14,17H2,1H3,(H,32,36). The van der Waals surface area contributed by atoms with Crippen molar-refractivity contribution in [3.63, 3.8) is 0 Å².